The number of aryl methyl sites for hydroxylation is 1. The van der Waals surface area contributed by atoms with Crippen LogP contribution in [0, 0.1) is 6.92 Å². The number of hydrogen-bond acceptors (Lipinski definition) is 3. The first kappa shape index (κ1) is 14.5. The molecule has 0 heterocycles. The molecule has 3 nitrogen and oxygen atoms in total. The number of hydrogen-bond donors (Lipinski definition) is 2. The van der Waals surface area contributed by atoms with E-state index >= 15 is 0 Å². The topological polar surface area (TPSA) is 43.7 Å². The number of rotatable bonds is 5. The molecule has 0 aliphatic carbocycles. The van der Waals surface area contributed by atoms with Crippen LogP contribution in [0.25, 0.3) is 0 Å². The minimum Gasteiger partial charge on any atom is -0.392 e. The Morgan fingerprint density at radius 3 is 2.12 bits per heavy atom. The highest BCUT2D eigenvalue weighted by Gasteiger charge is 2.12. The van der Waals surface area contributed by atoms with Crippen LogP contribution in [0.3, 0.4) is 0 Å². The zero-order valence-electron chi connectivity index (χ0n) is 10.5. The second-order valence-corrected chi connectivity index (χ2v) is 5.39. The van der Waals surface area contributed by atoms with Crippen molar-refractivity contribution < 1.29 is 10.2 Å². The molecule has 2 atom stereocenters. The molecule has 2 unspecified atom stereocenters. The summed E-state index contributed by atoms with van der Waals surface area (Å²) in [5.41, 5.74) is 2.17. The normalized spacial score (nSPS) is 14.5. The monoisotopic (exact) mass is 301 g/mol. The maximum atomic E-state index is 9.49. The molecule has 1 rings (SSSR count). The Morgan fingerprint density at radius 2 is 1.71 bits per heavy atom. The average molecular weight is 302 g/mol. The molecule has 0 saturated carbocycles. The summed E-state index contributed by atoms with van der Waals surface area (Å²) in [5, 5.41) is 19.0. The molecule has 0 amide bonds. The third-order valence-electron chi connectivity index (χ3n) is 2.49. The van der Waals surface area contributed by atoms with Crippen molar-refractivity contribution in [3.63, 3.8) is 0 Å². The SMILES string of the molecule is Cc1ccc(N(CC(C)O)CC(C)O)cc1Br. The van der Waals surface area contributed by atoms with Gasteiger partial charge in [-0.2, -0.15) is 0 Å². The van der Waals surface area contributed by atoms with Gasteiger partial charge in [-0.15, -0.1) is 0 Å². The molecule has 0 saturated heterocycles. The van der Waals surface area contributed by atoms with Gasteiger partial charge in [0.2, 0.25) is 0 Å². The second-order valence-electron chi connectivity index (χ2n) is 4.54. The lowest BCUT2D eigenvalue weighted by Crippen LogP contribution is -2.36. The zero-order valence-corrected chi connectivity index (χ0v) is 12.1. The Balaban J connectivity index is 2.91. The number of aliphatic hydroxyl groups excluding tert-OH is 2. The van der Waals surface area contributed by atoms with Crippen molar-refractivity contribution in [3.05, 3.63) is 28.2 Å². The van der Waals surface area contributed by atoms with E-state index < -0.39 is 12.2 Å². The van der Waals surface area contributed by atoms with Gasteiger partial charge in [0.1, 0.15) is 0 Å². The Bertz CT molecular complexity index is 356. The first-order valence-corrected chi connectivity index (χ1v) is 6.56. The minimum atomic E-state index is -0.422. The van der Waals surface area contributed by atoms with Gasteiger partial charge in [0, 0.05) is 23.2 Å². The summed E-state index contributed by atoms with van der Waals surface area (Å²) >= 11 is 3.50. The highest BCUT2D eigenvalue weighted by Crippen LogP contribution is 2.24. The molecule has 17 heavy (non-hydrogen) atoms. The third-order valence-corrected chi connectivity index (χ3v) is 3.34. The van der Waals surface area contributed by atoms with E-state index in [0.717, 1.165) is 10.2 Å². The lowest BCUT2D eigenvalue weighted by molar-refractivity contribution is 0.178. The number of anilines is 1. The van der Waals surface area contributed by atoms with E-state index in [1.54, 1.807) is 13.8 Å². The summed E-state index contributed by atoms with van der Waals surface area (Å²) in [6, 6.07) is 6.04. The highest BCUT2D eigenvalue weighted by atomic mass is 79.9. The summed E-state index contributed by atoms with van der Waals surface area (Å²) in [4.78, 5) is 1.99. The fourth-order valence-corrected chi connectivity index (χ4v) is 2.07. The summed E-state index contributed by atoms with van der Waals surface area (Å²) in [7, 11) is 0. The zero-order chi connectivity index (χ0) is 13.0. The van der Waals surface area contributed by atoms with Gasteiger partial charge in [0.05, 0.1) is 12.2 Å². The second kappa shape index (κ2) is 6.38. The van der Waals surface area contributed by atoms with Crippen LogP contribution < -0.4 is 4.90 Å². The van der Waals surface area contributed by atoms with Crippen LogP contribution in [0.15, 0.2) is 22.7 Å². The van der Waals surface area contributed by atoms with Gasteiger partial charge in [-0.05, 0) is 38.5 Å². The van der Waals surface area contributed by atoms with Crippen LogP contribution in [0.4, 0.5) is 5.69 Å². The molecule has 0 aliphatic rings. The molecule has 0 spiro atoms. The van der Waals surface area contributed by atoms with Crippen molar-refractivity contribution in [3.8, 4) is 0 Å². The van der Waals surface area contributed by atoms with E-state index in [9.17, 15) is 10.2 Å². The Hall–Kier alpha value is -0.580. The lowest BCUT2D eigenvalue weighted by atomic mass is 10.2. The molecule has 0 aromatic heterocycles. The summed E-state index contributed by atoms with van der Waals surface area (Å²) < 4.78 is 1.04. The molecule has 96 valence electrons. The largest absolute Gasteiger partial charge is 0.392 e. The summed E-state index contributed by atoms with van der Waals surface area (Å²) in [6.07, 6.45) is -0.845. The van der Waals surface area contributed by atoms with E-state index in [-0.39, 0.29) is 0 Å². The van der Waals surface area contributed by atoms with Crippen LogP contribution in [0.5, 0.6) is 0 Å². The smallest absolute Gasteiger partial charge is 0.0687 e. The van der Waals surface area contributed by atoms with Crippen LogP contribution in [-0.2, 0) is 0 Å². The quantitative estimate of drug-likeness (QED) is 0.877. The Kier molecular flexibility index (Phi) is 5.43. The summed E-state index contributed by atoms with van der Waals surface area (Å²) in [6.45, 7) is 6.55. The van der Waals surface area contributed by atoms with E-state index in [2.05, 4.69) is 15.9 Å². The van der Waals surface area contributed by atoms with Crippen molar-refractivity contribution in [1.82, 2.24) is 0 Å². The number of halogens is 1. The molecular weight excluding hydrogens is 282 g/mol. The molecule has 0 bridgehead atoms. The fourth-order valence-electron chi connectivity index (χ4n) is 1.70. The molecule has 0 aliphatic heterocycles. The Labute approximate surface area is 111 Å². The lowest BCUT2D eigenvalue weighted by Gasteiger charge is -2.27. The van der Waals surface area contributed by atoms with Crippen LogP contribution in [0.2, 0.25) is 0 Å². The van der Waals surface area contributed by atoms with Gasteiger partial charge < -0.3 is 15.1 Å². The summed E-state index contributed by atoms with van der Waals surface area (Å²) in [5.74, 6) is 0. The van der Waals surface area contributed by atoms with Crippen molar-refractivity contribution in [1.29, 1.82) is 0 Å². The first-order valence-electron chi connectivity index (χ1n) is 5.77. The predicted octanol–water partition coefficient (Wildman–Crippen LogP) is 2.33. The molecule has 4 heteroatoms. The minimum absolute atomic E-state index is 0.422. The predicted molar refractivity (Wildman–Crippen MR) is 74.5 cm³/mol. The van der Waals surface area contributed by atoms with E-state index in [1.807, 2.05) is 30.0 Å². The molecule has 2 N–H and O–H groups in total. The van der Waals surface area contributed by atoms with Gasteiger partial charge in [-0.1, -0.05) is 22.0 Å². The van der Waals surface area contributed by atoms with Gasteiger partial charge in [0.25, 0.3) is 0 Å². The van der Waals surface area contributed by atoms with Crippen molar-refractivity contribution in [2.75, 3.05) is 18.0 Å². The molecule has 0 fully saturated rings. The third kappa shape index (κ3) is 4.66. The van der Waals surface area contributed by atoms with E-state index in [0.29, 0.717) is 13.1 Å². The van der Waals surface area contributed by atoms with Gasteiger partial charge in [-0.3, -0.25) is 0 Å². The number of nitrogens with zero attached hydrogens (tertiary/aromatic N) is 1. The number of benzene rings is 1. The number of aliphatic hydroxyl groups is 2. The molecule has 1 aromatic carbocycles. The standard InChI is InChI=1S/C13H20BrNO2/c1-9-4-5-12(6-13(9)14)15(7-10(2)16)8-11(3)17/h4-6,10-11,16-17H,7-8H2,1-3H3. The molecule has 0 radical (unpaired) electrons. The van der Waals surface area contributed by atoms with Gasteiger partial charge >= 0.3 is 0 Å². The van der Waals surface area contributed by atoms with Crippen molar-refractivity contribution in [2.24, 2.45) is 0 Å². The van der Waals surface area contributed by atoms with Crippen LogP contribution in [-0.4, -0.2) is 35.5 Å². The first-order chi connectivity index (χ1) is 7.90. The average Bonchev–Trinajstić information content (AvgIpc) is 2.19. The maximum Gasteiger partial charge on any atom is 0.0687 e. The van der Waals surface area contributed by atoms with Crippen LogP contribution >= 0.6 is 15.9 Å². The van der Waals surface area contributed by atoms with Crippen molar-refractivity contribution in [2.45, 2.75) is 33.0 Å². The maximum absolute atomic E-state index is 9.49. The van der Waals surface area contributed by atoms with Crippen molar-refractivity contribution >= 4 is 21.6 Å². The fraction of sp³-hybridized carbons (Fsp3) is 0.538. The van der Waals surface area contributed by atoms with Crippen LogP contribution in [0.1, 0.15) is 19.4 Å². The van der Waals surface area contributed by atoms with E-state index in [1.165, 1.54) is 5.56 Å². The van der Waals surface area contributed by atoms with E-state index in [4.69, 9.17) is 0 Å². The highest BCUT2D eigenvalue weighted by molar-refractivity contribution is 9.10. The van der Waals surface area contributed by atoms with Gasteiger partial charge in [0.15, 0.2) is 0 Å². The van der Waals surface area contributed by atoms with Gasteiger partial charge in [-0.25, -0.2) is 0 Å². The molecule has 1 aromatic rings. The Morgan fingerprint density at radius 1 is 1.18 bits per heavy atom. The molecular formula is C13H20BrNO2.